The van der Waals surface area contributed by atoms with E-state index in [1.54, 1.807) is 48.5 Å². The van der Waals surface area contributed by atoms with Gasteiger partial charge in [-0.3, -0.25) is 14.9 Å². The lowest BCUT2D eigenvalue weighted by Gasteiger charge is -2.21. The minimum atomic E-state index is -0.373. The molecule has 0 aliphatic heterocycles. The van der Waals surface area contributed by atoms with Gasteiger partial charge in [-0.25, -0.2) is 0 Å². The van der Waals surface area contributed by atoms with E-state index in [-0.39, 0.29) is 28.6 Å². The van der Waals surface area contributed by atoms with Gasteiger partial charge in [0.2, 0.25) is 0 Å². The second-order valence-electron chi connectivity index (χ2n) is 7.85. The molecule has 0 aliphatic carbocycles. The SMILES string of the molecule is CC(C)Oc1cccc(C(=O)NC(=S)Nc2ccccc2C(=O)NC(C)(C)C)c1. The molecule has 154 valence electrons. The molecule has 0 spiro atoms. The number of rotatable bonds is 5. The van der Waals surface area contributed by atoms with Crippen LogP contribution < -0.4 is 20.7 Å². The van der Waals surface area contributed by atoms with Gasteiger partial charge in [0.1, 0.15) is 5.75 Å². The fourth-order valence-corrected chi connectivity index (χ4v) is 2.71. The van der Waals surface area contributed by atoms with Crippen molar-refractivity contribution < 1.29 is 14.3 Å². The van der Waals surface area contributed by atoms with Crippen LogP contribution in [0.4, 0.5) is 5.69 Å². The molecule has 0 aliphatic rings. The van der Waals surface area contributed by atoms with Crippen LogP contribution in [0.2, 0.25) is 0 Å². The fraction of sp³-hybridized carbons (Fsp3) is 0.318. The Hall–Kier alpha value is -2.93. The van der Waals surface area contributed by atoms with E-state index in [0.717, 1.165) is 0 Å². The Morgan fingerprint density at radius 2 is 1.69 bits per heavy atom. The molecule has 29 heavy (non-hydrogen) atoms. The number of thiocarbonyl (C=S) groups is 1. The van der Waals surface area contributed by atoms with E-state index in [4.69, 9.17) is 17.0 Å². The Bertz CT molecular complexity index is 904. The van der Waals surface area contributed by atoms with Crippen molar-refractivity contribution in [3.05, 3.63) is 59.7 Å². The Balaban J connectivity index is 2.08. The summed E-state index contributed by atoms with van der Waals surface area (Å²) in [6.07, 6.45) is 0.00630. The first-order valence-electron chi connectivity index (χ1n) is 9.36. The molecule has 0 atom stereocenters. The summed E-state index contributed by atoms with van der Waals surface area (Å²) in [7, 11) is 0. The van der Waals surface area contributed by atoms with Crippen molar-refractivity contribution >= 4 is 34.8 Å². The molecule has 0 saturated heterocycles. The summed E-state index contributed by atoms with van der Waals surface area (Å²) >= 11 is 5.26. The standard InChI is InChI=1S/C22H27N3O3S/c1-14(2)28-16-10-8-9-15(13-16)19(26)24-21(29)23-18-12-7-6-11-17(18)20(27)25-22(3,4)5/h6-14H,1-5H3,(H,25,27)(H2,23,24,26,29). The third-order valence-electron chi connectivity index (χ3n) is 3.60. The van der Waals surface area contributed by atoms with Gasteiger partial charge in [-0.15, -0.1) is 0 Å². The molecular weight excluding hydrogens is 386 g/mol. The van der Waals surface area contributed by atoms with E-state index in [9.17, 15) is 9.59 Å². The van der Waals surface area contributed by atoms with Crippen LogP contribution in [0.1, 0.15) is 55.3 Å². The monoisotopic (exact) mass is 413 g/mol. The predicted molar refractivity (Wildman–Crippen MR) is 120 cm³/mol. The number of ether oxygens (including phenoxy) is 1. The van der Waals surface area contributed by atoms with Crippen molar-refractivity contribution in [2.24, 2.45) is 0 Å². The summed E-state index contributed by atoms with van der Waals surface area (Å²) in [5.41, 5.74) is 0.996. The van der Waals surface area contributed by atoms with Gasteiger partial charge in [0.05, 0.1) is 17.4 Å². The third-order valence-corrected chi connectivity index (χ3v) is 3.81. The van der Waals surface area contributed by atoms with E-state index in [0.29, 0.717) is 22.6 Å². The topological polar surface area (TPSA) is 79.5 Å². The molecule has 0 fully saturated rings. The van der Waals surface area contributed by atoms with Crippen molar-refractivity contribution in [2.45, 2.75) is 46.3 Å². The second-order valence-corrected chi connectivity index (χ2v) is 8.26. The molecule has 2 amide bonds. The molecule has 0 aromatic heterocycles. The molecule has 2 aromatic carbocycles. The molecule has 0 saturated carbocycles. The van der Waals surface area contributed by atoms with E-state index < -0.39 is 0 Å². The first-order valence-corrected chi connectivity index (χ1v) is 9.76. The molecule has 0 radical (unpaired) electrons. The number of carbonyl (C=O) groups excluding carboxylic acids is 2. The van der Waals surface area contributed by atoms with E-state index >= 15 is 0 Å². The van der Waals surface area contributed by atoms with Gasteiger partial charge in [0.15, 0.2) is 5.11 Å². The fourth-order valence-electron chi connectivity index (χ4n) is 2.51. The normalized spacial score (nSPS) is 11.0. The number of benzene rings is 2. The first-order chi connectivity index (χ1) is 13.5. The minimum absolute atomic E-state index is 0.00630. The maximum Gasteiger partial charge on any atom is 0.257 e. The Morgan fingerprint density at radius 1 is 1.00 bits per heavy atom. The lowest BCUT2D eigenvalue weighted by Crippen LogP contribution is -2.41. The molecule has 2 aromatic rings. The Morgan fingerprint density at radius 3 is 2.34 bits per heavy atom. The van der Waals surface area contributed by atoms with Gasteiger partial charge < -0.3 is 15.4 Å². The number of hydrogen-bond donors (Lipinski definition) is 3. The van der Waals surface area contributed by atoms with E-state index in [1.165, 1.54) is 0 Å². The summed E-state index contributed by atoms with van der Waals surface area (Å²) in [4.78, 5) is 25.1. The highest BCUT2D eigenvalue weighted by atomic mass is 32.1. The van der Waals surface area contributed by atoms with Gasteiger partial charge in [0, 0.05) is 11.1 Å². The van der Waals surface area contributed by atoms with Crippen LogP contribution in [0.5, 0.6) is 5.75 Å². The summed E-state index contributed by atoms with van der Waals surface area (Å²) in [5.74, 6) is 0.0114. The lowest BCUT2D eigenvalue weighted by molar-refractivity contribution is 0.0919. The van der Waals surface area contributed by atoms with Crippen molar-refractivity contribution in [3.8, 4) is 5.75 Å². The number of anilines is 1. The van der Waals surface area contributed by atoms with Crippen molar-refractivity contribution in [2.75, 3.05) is 5.32 Å². The lowest BCUT2D eigenvalue weighted by atomic mass is 10.1. The Kier molecular flexibility index (Phi) is 7.34. The molecule has 7 heteroatoms. The van der Waals surface area contributed by atoms with Gasteiger partial charge in [0.25, 0.3) is 11.8 Å². The smallest absolute Gasteiger partial charge is 0.257 e. The van der Waals surface area contributed by atoms with Gasteiger partial charge in [-0.2, -0.15) is 0 Å². The van der Waals surface area contributed by atoms with Crippen molar-refractivity contribution in [3.63, 3.8) is 0 Å². The molecule has 3 N–H and O–H groups in total. The summed E-state index contributed by atoms with van der Waals surface area (Å²) in [6.45, 7) is 9.55. The molecule has 6 nitrogen and oxygen atoms in total. The summed E-state index contributed by atoms with van der Waals surface area (Å²) in [5, 5.41) is 8.58. The maximum absolute atomic E-state index is 12.5. The zero-order valence-corrected chi connectivity index (χ0v) is 18.1. The predicted octanol–water partition coefficient (Wildman–Crippen LogP) is 4.13. The number of nitrogens with one attached hydrogen (secondary N) is 3. The van der Waals surface area contributed by atoms with Crippen molar-refractivity contribution in [1.29, 1.82) is 0 Å². The van der Waals surface area contributed by atoms with Crippen molar-refractivity contribution in [1.82, 2.24) is 10.6 Å². The zero-order valence-electron chi connectivity index (χ0n) is 17.3. The average Bonchev–Trinajstić information content (AvgIpc) is 2.60. The van der Waals surface area contributed by atoms with Crippen LogP contribution in [0.3, 0.4) is 0 Å². The van der Waals surface area contributed by atoms with Crippen LogP contribution in [0.15, 0.2) is 48.5 Å². The molecule has 0 bridgehead atoms. The van der Waals surface area contributed by atoms with E-state index in [1.807, 2.05) is 34.6 Å². The molecule has 0 unspecified atom stereocenters. The van der Waals surface area contributed by atoms with Crippen LogP contribution in [0.25, 0.3) is 0 Å². The summed E-state index contributed by atoms with van der Waals surface area (Å²) in [6, 6.07) is 13.8. The summed E-state index contributed by atoms with van der Waals surface area (Å²) < 4.78 is 5.61. The average molecular weight is 414 g/mol. The second kappa shape index (κ2) is 9.52. The molecule has 2 rings (SSSR count). The highest BCUT2D eigenvalue weighted by Crippen LogP contribution is 2.17. The number of hydrogen-bond acceptors (Lipinski definition) is 4. The van der Waals surface area contributed by atoms with Crippen LogP contribution in [-0.2, 0) is 0 Å². The van der Waals surface area contributed by atoms with Crippen LogP contribution in [-0.4, -0.2) is 28.6 Å². The number of amides is 2. The quantitative estimate of drug-likeness (QED) is 0.643. The van der Waals surface area contributed by atoms with Crippen LogP contribution >= 0.6 is 12.2 Å². The largest absolute Gasteiger partial charge is 0.491 e. The number of para-hydroxylation sites is 1. The Labute approximate surface area is 177 Å². The third kappa shape index (κ3) is 7.19. The van der Waals surface area contributed by atoms with Gasteiger partial charge in [-0.1, -0.05) is 18.2 Å². The highest BCUT2D eigenvalue weighted by Gasteiger charge is 2.18. The zero-order chi connectivity index (χ0) is 21.6. The molecular formula is C22H27N3O3S. The first kappa shape index (κ1) is 22.4. The minimum Gasteiger partial charge on any atom is -0.491 e. The maximum atomic E-state index is 12.5. The number of carbonyl (C=O) groups is 2. The van der Waals surface area contributed by atoms with Crippen LogP contribution in [0, 0.1) is 0 Å². The van der Waals surface area contributed by atoms with Gasteiger partial charge in [-0.05, 0) is 77.2 Å². The molecule has 0 heterocycles. The van der Waals surface area contributed by atoms with E-state index in [2.05, 4.69) is 16.0 Å². The highest BCUT2D eigenvalue weighted by molar-refractivity contribution is 7.80. The van der Waals surface area contributed by atoms with Gasteiger partial charge >= 0.3 is 0 Å².